The lowest BCUT2D eigenvalue weighted by Crippen LogP contribution is -2.40. The van der Waals surface area contributed by atoms with Crippen molar-refractivity contribution in [2.45, 2.75) is 51.0 Å². The fourth-order valence-electron chi connectivity index (χ4n) is 2.20. The first-order valence-corrected chi connectivity index (χ1v) is 7.17. The minimum Gasteiger partial charge on any atom is -0.394 e. The maximum Gasteiger partial charge on any atom is 0.224 e. The third kappa shape index (κ3) is 4.06. The van der Waals surface area contributed by atoms with Gasteiger partial charge < -0.3 is 10.4 Å². The van der Waals surface area contributed by atoms with Crippen molar-refractivity contribution < 1.29 is 9.90 Å². The van der Waals surface area contributed by atoms with Gasteiger partial charge in [0.05, 0.1) is 18.6 Å². The highest BCUT2D eigenvalue weighted by molar-refractivity contribution is 5.79. The smallest absolute Gasteiger partial charge is 0.224 e. The van der Waals surface area contributed by atoms with Gasteiger partial charge in [-0.3, -0.25) is 4.79 Å². The van der Waals surface area contributed by atoms with E-state index in [4.69, 9.17) is 0 Å². The predicted molar refractivity (Wildman–Crippen MR) is 76.0 cm³/mol. The standard InChI is InChI=1S/C16H23NO2/c1-2-3-4-13-5-7-14(8-6-13)11-15(19)17-16(12-18)9-10-16/h5-8,18H,2-4,9-12H2,1H3,(H,17,19). The van der Waals surface area contributed by atoms with Crippen LogP contribution in [-0.2, 0) is 17.6 Å². The molecule has 1 aromatic rings. The van der Waals surface area contributed by atoms with Crippen LogP contribution >= 0.6 is 0 Å². The minimum atomic E-state index is -0.307. The zero-order chi connectivity index (χ0) is 13.7. The van der Waals surface area contributed by atoms with E-state index in [-0.39, 0.29) is 18.1 Å². The third-order valence-electron chi connectivity index (χ3n) is 3.77. The van der Waals surface area contributed by atoms with Gasteiger partial charge in [-0.2, -0.15) is 0 Å². The van der Waals surface area contributed by atoms with Crippen LogP contribution in [0.15, 0.2) is 24.3 Å². The number of carbonyl (C=O) groups is 1. The molecule has 1 aliphatic carbocycles. The van der Waals surface area contributed by atoms with E-state index in [1.165, 1.54) is 18.4 Å². The Labute approximate surface area is 115 Å². The molecular formula is C16H23NO2. The van der Waals surface area contributed by atoms with E-state index in [2.05, 4.69) is 24.4 Å². The second-order valence-corrected chi connectivity index (χ2v) is 5.58. The van der Waals surface area contributed by atoms with Crippen molar-refractivity contribution >= 4 is 5.91 Å². The van der Waals surface area contributed by atoms with Crippen molar-refractivity contribution in [1.29, 1.82) is 0 Å². The summed E-state index contributed by atoms with van der Waals surface area (Å²) in [4.78, 5) is 11.9. The van der Waals surface area contributed by atoms with Crippen molar-refractivity contribution in [1.82, 2.24) is 5.32 Å². The topological polar surface area (TPSA) is 49.3 Å². The summed E-state index contributed by atoms with van der Waals surface area (Å²) < 4.78 is 0. The van der Waals surface area contributed by atoms with E-state index in [0.29, 0.717) is 6.42 Å². The molecule has 3 heteroatoms. The highest BCUT2D eigenvalue weighted by atomic mass is 16.3. The Kier molecular flexibility index (Phi) is 4.59. The molecule has 2 N–H and O–H groups in total. The molecule has 3 nitrogen and oxygen atoms in total. The zero-order valence-electron chi connectivity index (χ0n) is 11.6. The number of aliphatic hydroxyl groups excluding tert-OH is 1. The molecule has 0 radical (unpaired) electrons. The summed E-state index contributed by atoms with van der Waals surface area (Å²) in [5.74, 6) is 0.00728. The molecule has 19 heavy (non-hydrogen) atoms. The van der Waals surface area contributed by atoms with Gasteiger partial charge in [0.15, 0.2) is 0 Å². The molecule has 104 valence electrons. The number of hydrogen-bond donors (Lipinski definition) is 2. The van der Waals surface area contributed by atoms with Gasteiger partial charge in [-0.15, -0.1) is 0 Å². The van der Waals surface area contributed by atoms with E-state index in [1.54, 1.807) is 0 Å². The van der Waals surface area contributed by atoms with Crippen LogP contribution < -0.4 is 5.32 Å². The number of hydrogen-bond acceptors (Lipinski definition) is 2. The average molecular weight is 261 g/mol. The van der Waals surface area contributed by atoms with Crippen LogP contribution in [0.1, 0.15) is 43.7 Å². The minimum absolute atomic E-state index is 0.00728. The summed E-state index contributed by atoms with van der Waals surface area (Å²) in [5, 5.41) is 12.1. The Bertz CT molecular complexity index is 421. The van der Waals surface area contributed by atoms with Gasteiger partial charge in [-0.25, -0.2) is 0 Å². The van der Waals surface area contributed by atoms with Gasteiger partial charge in [0.25, 0.3) is 0 Å². The van der Waals surface area contributed by atoms with Crippen molar-refractivity contribution in [3.05, 3.63) is 35.4 Å². The number of amides is 1. The van der Waals surface area contributed by atoms with Gasteiger partial charge in [0, 0.05) is 0 Å². The van der Waals surface area contributed by atoms with Crippen molar-refractivity contribution in [3.8, 4) is 0 Å². The van der Waals surface area contributed by atoms with Crippen LogP contribution in [0.25, 0.3) is 0 Å². The maximum atomic E-state index is 11.9. The molecule has 1 aliphatic rings. The van der Waals surface area contributed by atoms with Crippen molar-refractivity contribution in [2.24, 2.45) is 0 Å². The van der Waals surface area contributed by atoms with E-state index in [1.807, 2.05) is 12.1 Å². The fraction of sp³-hybridized carbons (Fsp3) is 0.562. The Hall–Kier alpha value is -1.35. The second kappa shape index (κ2) is 6.20. The number of aliphatic hydroxyl groups is 1. The number of unbranched alkanes of at least 4 members (excludes halogenated alkanes) is 1. The Morgan fingerprint density at radius 2 is 1.89 bits per heavy atom. The number of aryl methyl sites for hydroxylation is 1. The molecule has 1 fully saturated rings. The van der Waals surface area contributed by atoms with Crippen LogP contribution in [0, 0.1) is 0 Å². The Morgan fingerprint density at radius 1 is 1.26 bits per heavy atom. The first-order valence-electron chi connectivity index (χ1n) is 7.17. The van der Waals surface area contributed by atoms with Gasteiger partial charge in [-0.1, -0.05) is 37.6 Å². The third-order valence-corrected chi connectivity index (χ3v) is 3.77. The summed E-state index contributed by atoms with van der Waals surface area (Å²) in [7, 11) is 0. The maximum absolute atomic E-state index is 11.9. The molecule has 0 aliphatic heterocycles. The van der Waals surface area contributed by atoms with Crippen LogP contribution in [0.3, 0.4) is 0 Å². The largest absolute Gasteiger partial charge is 0.394 e. The van der Waals surface area contributed by atoms with Gasteiger partial charge in [0.1, 0.15) is 0 Å². The molecule has 1 amide bonds. The van der Waals surface area contributed by atoms with E-state index >= 15 is 0 Å². The summed E-state index contributed by atoms with van der Waals surface area (Å²) in [5.41, 5.74) is 2.06. The Balaban J connectivity index is 1.83. The first kappa shape index (κ1) is 14.1. The summed E-state index contributed by atoms with van der Waals surface area (Å²) in [6.07, 6.45) is 5.70. The number of benzene rings is 1. The molecule has 2 rings (SSSR count). The summed E-state index contributed by atoms with van der Waals surface area (Å²) in [6, 6.07) is 8.28. The molecule has 0 bridgehead atoms. The average Bonchev–Trinajstić information content (AvgIpc) is 3.18. The van der Waals surface area contributed by atoms with Crippen LogP contribution in [-0.4, -0.2) is 23.2 Å². The van der Waals surface area contributed by atoms with E-state index < -0.39 is 0 Å². The highest BCUT2D eigenvalue weighted by Crippen LogP contribution is 2.34. The fourth-order valence-corrected chi connectivity index (χ4v) is 2.20. The first-order chi connectivity index (χ1) is 9.17. The zero-order valence-corrected chi connectivity index (χ0v) is 11.6. The quantitative estimate of drug-likeness (QED) is 0.790. The molecule has 0 unspecified atom stereocenters. The molecule has 0 spiro atoms. The highest BCUT2D eigenvalue weighted by Gasteiger charge is 2.43. The van der Waals surface area contributed by atoms with Gasteiger partial charge in [-0.05, 0) is 36.8 Å². The van der Waals surface area contributed by atoms with E-state index in [0.717, 1.165) is 24.8 Å². The normalized spacial score (nSPS) is 16.1. The van der Waals surface area contributed by atoms with E-state index in [9.17, 15) is 9.90 Å². The number of carbonyl (C=O) groups excluding carboxylic acids is 1. The lowest BCUT2D eigenvalue weighted by Gasteiger charge is -2.14. The van der Waals surface area contributed by atoms with Crippen LogP contribution in [0.2, 0.25) is 0 Å². The number of nitrogens with one attached hydrogen (secondary N) is 1. The SMILES string of the molecule is CCCCc1ccc(CC(=O)NC2(CO)CC2)cc1. The predicted octanol–water partition coefficient (Wildman–Crippen LogP) is 2.21. The molecule has 0 atom stereocenters. The molecule has 1 aromatic carbocycles. The monoisotopic (exact) mass is 261 g/mol. The second-order valence-electron chi connectivity index (χ2n) is 5.58. The van der Waals surface area contributed by atoms with Gasteiger partial charge in [0.2, 0.25) is 5.91 Å². The number of rotatable bonds is 7. The van der Waals surface area contributed by atoms with Crippen molar-refractivity contribution in [3.63, 3.8) is 0 Å². The molecule has 0 saturated heterocycles. The molecular weight excluding hydrogens is 238 g/mol. The molecule has 0 heterocycles. The molecule has 1 saturated carbocycles. The summed E-state index contributed by atoms with van der Waals surface area (Å²) >= 11 is 0. The lowest BCUT2D eigenvalue weighted by atomic mass is 10.0. The van der Waals surface area contributed by atoms with Gasteiger partial charge >= 0.3 is 0 Å². The van der Waals surface area contributed by atoms with Crippen LogP contribution in [0.4, 0.5) is 0 Å². The lowest BCUT2D eigenvalue weighted by molar-refractivity contribution is -0.121. The Morgan fingerprint density at radius 3 is 2.42 bits per heavy atom. The summed E-state index contributed by atoms with van der Waals surface area (Å²) in [6.45, 7) is 2.24. The van der Waals surface area contributed by atoms with Crippen LogP contribution in [0.5, 0.6) is 0 Å². The van der Waals surface area contributed by atoms with Crippen molar-refractivity contribution in [2.75, 3.05) is 6.61 Å². The molecule has 0 aromatic heterocycles.